The first-order valence-corrected chi connectivity index (χ1v) is 6.82. The highest BCUT2D eigenvalue weighted by Gasteiger charge is 1.98. The Hall–Kier alpha value is -1.22. The maximum Gasteiger partial charge on any atom is 0.0732 e. The minimum Gasteiger partial charge on any atom is -0.383 e. The fourth-order valence-electron chi connectivity index (χ4n) is 1.66. The van der Waals surface area contributed by atoms with Gasteiger partial charge < -0.3 is 10.1 Å². The summed E-state index contributed by atoms with van der Waals surface area (Å²) in [6, 6.07) is 15.3. The maximum atomic E-state index is 6.04. The van der Waals surface area contributed by atoms with Gasteiger partial charge in [0.2, 0.25) is 0 Å². The minimum atomic E-state index is 0.525. The Kier molecular flexibility index (Phi) is 5.52. The molecule has 0 saturated heterocycles. The highest BCUT2D eigenvalue weighted by Crippen LogP contribution is 2.16. The average Bonchev–Trinajstić information content (AvgIpc) is 2.40. The number of hydrogen-bond donors (Lipinski definition) is 1. The van der Waals surface area contributed by atoms with E-state index >= 15 is 0 Å². The van der Waals surface area contributed by atoms with Crippen LogP contribution in [-0.2, 0) is 11.3 Å². The molecule has 19 heavy (non-hydrogen) atoms. The molecular formula is C15H15Cl2NO. The number of anilines is 1. The van der Waals surface area contributed by atoms with Crippen molar-refractivity contribution >= 4 is 28.9 Å². The van der Waals surface area contributed by atoms with E-state index in [1.165, 1.54) is 0 Å². The third-order valence-corrected chi connectivity index (χ3v) is 3.22. The van der Waals surface area contributed by atoms with Gasteiger partial charge in [-0.15, -0.1) is 0 Å². The van der Waals surface area contributed by atoms with Gasteiger partial charge in [-0.05, 0) is 29.8 Å². The monoisotopic (exact) mass is 295 g/mol. The average molecular weight is 296 g/mol. The first-order valence-electron chi connectivity index (χ1n) is 6.06. The molecule has 0 bridgehead atoms. The predicted octanol–water partition coefficient (Wildman–Crippen LogP) is 4.62. The number of rotatable bonds is 6. The lowest BCUT2D eigenvalue weighted by Crippen LogP contribution is -2.09. The Labute approximate surface area is 123 Å². The Balaban J connectivity index is 1.69. The molecule has 0 radical (unpaired) electrons. The van der Waals surface area contributed by atoms with Crippen molar-refractivity contribution in [2.45, 2.75) is 6.61 Å². The largest absolute Gasteiger partial charge is 0.383 e. The molecule has 4 heteroatoms. The van der Waals surface area contributed by atoms with Gasteiger partial charge >= 0.3 is 0 Å². The summed E-state index contributed by atoms with van der Waals surface area (Å²) in [7, 11) is 0. The number of hydrogen-bond acceptors (Lipinski definition) is 2. The predicted molar refractivity (Wildman–Crippen MR) is 81.0 cm³/mol. The molecule has 0 fully saturated rings. The summed E-state index contributed by atoms with van der Waals surface area (Å²) in [6.07, 6.45) is 0. The van der Waals surface area contributed by atoms with Crippen molar-refractivity contribution < 1.29 is 4.74 Å². The molecule has 0 aromatic heterocycles. The van der Waals surface area contributed by atoms with Crippen LogP contribution in [-0.4, -0.2) is 13.2 Å². The van der Waals surface area contributed by atoms with E-state index in [-0.39, 0.29) is 0 Å². The molecule has 2 nitrogen and oxygen atoms in total. The molecular weight excluding hydrogens is 281 g/mol. The summed E-state index contributed by atoms with van der Waals surface area (Å²) in [6.45, 7) is 1.86. The van der Waals surface area contributed by atoms with Crippen LogP contribution in [0.1, 0.15) is 5.56 Å². The van der Waals surface area contributed by atoms with Gasteiger partial charge in [-0.1, -0.05) is 47.5 Å². The molecule has 1 N–H and O–H groups in total. The van der Waals surface area contributed by atoms with Gasteiger partial charge in [0.15, 0.2) is 0 Å². The molecule has 0 spiro atoms. The SMILES string of the molecule is Clc1cccc(NCCOCc2ccccc2Cl)c1. The first-order chi connectivity index (χ1) is 9.25. The van der Waals surface area contributed by atoms with E-state index in [9.17, 15) is 0 Å². The van der Waals surface area contributed by atoms with E-state index < -0.39 is 0 Å². The van der Waals surface area contributed by atoms with E-state index in [2.05, 4.69) is 5.32 Å². The van der Waals surface area contributed by atoms with Crippen LogP contribution in [0.3, 0.4) is 0 Å². The molecule has 0 heterocycles. The summed E-state index contributed by atoms with van der Waals surface area (Å²) < 4.78 is 5.57. The highest BCUT2D eigenvalue weighted by molar-refractivity contribution is 6.31. The first kappa shape index (κ1) is 14.2. The lowest BCUT2D eigenvalue weighted by atomic mass is 10.2. The topological polar surface area (TPSA) is 21.3 Å². The van der Waals surface area contributed by atoms with Crippen molar-refractivity contribution in [1.82, 2.24) is 0 Å². The molecule has 2 aromatic rings. The van der Waals surface area contributed by atoms with Crippen LogP contribution in [0.5, 0.6) is 0 Å². The van der Waals surface area contributed by atoms with Gasteiger partial charge in [-0.3, -0.25) is 0 Å². The van der Waals surface area contributed by atoms with Crippen LogP contribution in [0.4, 0.5) is 5.69 Å². The fraction of sp³-hybridized carbons (Fsp3) is 0.200. The highest BCUT2D eigenvalue weighted by atomic mass is 35.5. The van der Waals surface area contributed by atoms with E-state index in [4.69, 9.17) is 27.9 Å². The molecule has 0 aliphatic carbocycles. The second-order valence-corrected chi connectivity index (χ2v) is 4.92. The van der Waals surface area contributed by atoms with Crippen LogP contribution in [0.15, 0.2) is 48.5 Å². The summed E-state index contributed by atoms with van der Waals surface area (Å²) in [5.74, 6) is 0. The zero-order chi connectivity index (χ0) is 13.5. The van der Waals surface area contributed by atoms with Crippen LogP contribution in [0.25, 0.3) is 0 Å². The van der Waals surface area contributed by atoms with Crippen molar-refractivity contribution in [1.29, 1.82) is 0 Å². The molecule has 2 aromatic carbocycles. The fourth-order valence-corrected chi connectivity index (χ4v) is 2.04. The zero-order valence-corrected chi connectivity index (χ0v) is 11.9. The van der Waals surface area contributed by atoms with Crippen molar-refractivity contribution in [2.24, 2.45) is 0 Å². The maximum absolute atomic E-state index is 6.04. The van der Waals surface area contributed by atoms with Gasteiger partial charge in [-0.2, -0.15) is 0 Å². The van der Waals surface area contributed by atoms with Gasteiger partial charge in [0.25, 0.3) is 0 Å². The molecule has 0 atom stereocenters. The summed E-state index contributed by atoms with van der Waals surface area (Å²) >= 11 is 11.9. The van der Waals surface area contributed by atoms with Gasteiger partial charge in [0.1, 0.15) is 0 Å². The lowest BCUT2D eigenvalue weighted by Gasteiger charge is -2.08. The number of benzene rings is 2. The standard InChI is InChI=1S/C15H15Cl2NO/c16-13-5-3-6-14(10-13)18-8-9-19-11-12-4-1-2-7-15(12)17/h1-7,10,18H,8-9,11H2. The van der Waals surface area contributed by atoms with Crippen molar-refractivity contribution in [3.05, 3.63) is 64.1 Å². The number of ether oxygens (including phenoxy) is 1. The molecule has 0 amide bonds. The quantitative estimate of drug-likeness (QED) is 0.785. The Morgan fingerprint density at radius 3 is 2.63 bits per heavy atom. The molecule has 100 valence electrons. The van der Waals surface area contributed by atoms with Gasteiger partial charge in [0.05, 0.1) is 13.2 Å². The third-order valence-electron chi connectivity index (χ3n) is 2.62. The zero-order valence-electron chi connectivity index (χ0n) is 10.4. The Bertz CT molecular complexity index is 531. The second-order valence-electron chi connectivity index (χ2n) is 4.08. The summed E-state index contributed by atoms with van der Waals surface area (Å²) in [5.41, 5.74) is 2.00. The minimum absolute atomic E-state index is 0.525. The third kappa shape index (κ3) is 4.75. The smallest absolute Gasteiger partial charge is 0.0732 e. The van der Waals surface area contributed by atoms with Crippen LogP contribution in [0, 0.1) is 0 Å². The van der Waals surface area contributed by atoms with Gasteiger partial charge in [0, 0.05) is 22.3 Å². The second kappa shape index (κ2) is 7.39. The molecule has 0 aliphatic heterocycles. The Morgan fingerprint density at radius 2 is 1.84 bits per heavy atom. The van der Waals surface area contributed by atoms with E-state index in [0.717, 1.165) is 27.8 Å². The normalized spacial score (nSPS) is 10.4. The molecule has 0 saturated carbocycles. The Morgan fingerprint density at radius 1 is 1.00 bits per heavy atom. The van der Waals surface area contributed by atoms with E-state index in [0.29, 0.717) is 13.2 Å². The van der Waals surface area contributed by atoms with Crippen LogP contribution >= 0.6 is 23.2 Å². The molecule has 2 rings (SSSR count). The van der Waals surface area contributed by atoms with E-state index in [1.807, 2.05) is 48.5 Å². The number of halogens is 2. The van der Waals surface area contributed by atoms with Crippen LogP contribution < -0.4 is 5.32 Å². The lowest BCUT2D eigenvalue weighted by molar-refractivity contribution is 0.130. The summed E-state index contributed by atoms with van der Waals surface area (Å²) in [4.78, 5) is 0. The van der Waals surface area contributed by atoms with Crippen molar-refractivity contribution in [3.63, 3.8) is 0 Å². The molecule has 0 aliphatic rings. The number of nitrogens with one attached hydrogen (secondary N) is 1. The van der Waals surface area contributed by atoms with E-state index in [1.54, 1.807) is 0 Å². The van der Waals surface area contributed by atoms with Crippen molar-refractivity contribution in [2.75, 3.05) is 18.5 Å². The molecule has 0 unspecified atom stereocenters. The van der Waals surface area contributed by atoms with Crippen molar-refractivity contribution in [3.8, 4) is 0 Å². The summed E-state index contributed by atoms with van der Waals surface area (Å²) in [5, 5.41) is 4.71. The van der Waals surface area contributed by atoms with Crippen LogP contribution in [0.2, 0.25) is 10.0 Å². The van der Waals surface area contributed by atoms with Gasteiger partial charge in [-0.25, -0.2) is 0 Å².